The maximum absolute atomic E-state index is 12.6. The summed E-state index contributed by atoms with van der Waals surface area (Å²) < 4.78 is 16.8. The third-order valence-electron chi connectivity index (χ3n) is 4.50. The number of rotatable bonds is 4. The highest BCUT2D eigenvalue weighted by atomic mass is 79.9. The van der Waals surface area contributed by atoms with Crippen molar-refractivity contribution in [3.8, 4) is 0 Å². The van der Waals surface area contributed by atoms with Crippen LogP contribution in [0.4, 0.5) is 4.79 Å². The lowest BCUT2D eigenvalue weighted by Gasteiger charge is -2.35. The van der Waals surface area contributed by atoms with E-state index in [0.29, 0.717) is 12.2 Å². The van der Waals surface area contributed by atoms with Crippen molar-refractivity contribution in [3.05, 3.63) is 46.4 Å². The molecule has 1 aliphatic rings. The largest absolute Gasteiger partial charge is 0.456 e. The summed E-state index contributed by atoms with van der Waals surface area (Å²) >= 11 is 3.42. The molecule has 0 saturated carbocycles. The van der Waals surface area contributed by atoms with Gasteiger partial charge in [0, 0.05) is 16.6 Å². The minimum atomic E-state index is -0.949. The number of hydrogen-bond donors (Lipinski definition) is 0. The highest BCUT2D eigenvalue weighted by Crippen LogP contribution is 2.21. The molecule has 0 unspecified atom stereocenters. The second kappa shape index (κ2) is 9.14. The van der Waals surface area contributed by atoms with E-state index in [0.717, 1.165) is 15.2 Å². The van der Waals surface area contributed by atoms with Crippen LogP contribution in [0, 0.1) is 0 Å². The van der Waals surface area contributed by atoms with Gasteiger partial charge in [-0.1, -0.05) is 34.1 Å². The summed E-state index contributed by atoms with van der Waals surface area (Å²) in [5.74, 6) is -1.02. The topological polar surface area (TPSA) is 82.1 Å². The minimum Gasteiger partial charge on any atom is -0.456 e. The van der Waals surface area contributed by atoms with Gasteiger partial charge in [-0.15, -0.1) is 0 Å². The van der Waals surface area contributed by atoms with E-state index in [2.05, 4.69) is 15.9 Å². The van der Waals surface area contributed by atoms with Gasteiger partial charge in [-0.3, -0.25) is 9.69 Å². The van der Waals surface area contributed by atoms with Crippen LogP contribution in [0.2, 0.25) is 0 Å². The Bertz CT molecular complexity index is 968. The molecule has 1 saturated heterocycles. The number of esters is 1. The molecule has 30 heavy (non-hydrogen) atoms. The fourth-order valence-corrected chi connectivity index (χ4v) is 3.42. The number of morpholine rings is 1. The van der Waals surface area contributed by atoms with Gasteiger partial charge in [0.25, 0.3) is 0 Å². The highest BCUT2D eigenvalue weighted by Gasteiger charge is 2.36. The Balaban J connectivity index is 1.64. The Kier molecular flexibility index (Phi) is 6.77. The van der Waals surface area contributed by atoms with Gasteiger partial charge in [0.05, 0.1) is 13.2 Å². The molecule has 1 aliphatic heterocycles. The van der Waals surface area contributed by atoms with Crippen molar-refractivity contribution in [1.29, 1.82) is 0 Å². The summed E-state index contributed by atoms with van der Waals surface area (Å²) in [6, 6.07) is 10.1. The van der Waals surface area contributed by atoms with Gasteiger partial charge in [0.2, 0.25) is 0 Å². The van der Waals surface area contributed by atoms with Crippen LogP contribution >= 0.6 is 15.9 Å². The molecule has 2 aromatic rings. The average molecular weight is 478 g/mol. The number of amides is 1. The summed E-state index contributed by atoms with van der Waals surface area (Å²) in [4.78, 5) is 38.8. The number of nitrogens with zero attached hydrogens (tertiary/aromatic N) is 1. The monoisotopic (exact) mass is 477 g/mol. The maximum Gasteiger partial charge on any atom is 0.411 e. The molecule has 0 radical (unpaired) electrons. The molecule has 1 heterocycles. The predicted octanol–water partition coefficient (Wildman–Crippen LogP) is 3.96. The van der Waals surface area contributed by atoms with E-state index < -0.39 is 30.3 Å². The maximum atomic E-state index is 12.6. The molecular formula is C22H24BrNO6. The Morgan fingerprint density at radius 3 is 2.57 bits per heavy atom. The molecule has 0 N–H and O–H groups in total. The quantitative estimate of drug-likeness (QED) is 0.489. The molecule has 1 amide bonds. The third kappa shape index (κ3) is 5.58. The molecule has 2 aromatic carbocycles. The van der Waals surface area contributed by atoms with Crippen LogP contribution in [0.5, 0.6) is 0 Å². The van der Waals surface area contributed by atoms with E-state index >= 15 is 0 Å². The first-order chi connectivity index (χ1) is 14.1. The zero-order valence-electron chi connectivity index (χ0n) is 17.1. The van der Waals surface area contributed by atoms with E-state index in [4.69, 9.17) is 14.2 Å². The SMILES string of the molecule is CC(C)(C)OC(=O)N1CCOC[C@H]1C(=O)OCC(=O)c1ccc2cc(Br)ccc2c1. The summed E-state index contributed by atoms with van der Waals surface area (Å²) in [6.45, 7) is 5.34. The second-order valence-electron chi connectivity index (χ2n) is 8.00. The molecule has 0 aromatic heterocycles. The van der Waals surface area contributed by atoms with Gasteiger partial charge in [-0.25, -0.2) is 9.59 Å². The molecule has 0 aliphatic carbocycles. The van der Waals surface area contributed by atoms with Crippen molar-refractivity contribution in [3.63, 3.8) is 0 Å². The van der Waals surface area contributed by atoms with Gasteiger partial charge in [-0.05, 0) is 49.7 Å². The van der Waals surface area contributed by atoms with Crippen LogP contribution in [0.25, 0.3) is 10.8 Å². The van der Waals surface area contributed by atoms with E-state index in [-0.39, 0.29) is 18.9 Å². The molecule has 7 nitrogen and oxygen atoms in total. The number of ether oxygens (including phenoxy) is 3. The fraction of sp³-hybridized carbons (Fsp3) is 0.409. The van der Waals surface area contributed by atoms with Crippen LogP contribution in [0.1, 0.15) is 31.1 Å². The van der Waals surface area contributed by atoms with Crippen LogP contribution in [-0.2, 0) is 19.0 Å². The molecule has 1 fully saturated rings. The molecule has 1 atom stereocenters. The average Bonchev–Trinajstić information content (AvgIpc) is 2.70. The van der Waals surface area contributed by atoms with E-state index in [9.17, 15) is 14.4 Å². The number of fused-ring (bicyclic) bond motifs is 1. The van der Waals surface area contributed by atoms with Crippen molar-refractivity contribution in [1.82, 2.24) is 4.90 Å². The van der Waals surface area contributed by atoms with E-state index in [1.165, 1.54) is 4.90 Å². The molecule has 160 valence electrons. The molecule has 3 rings (SSSR count). The second-order valence-corrected chi connectivity index (χ2v) is 8.92. The molecular weight excluding hydrogens is 454 g/mol. The lowest BCUT2D eigenvalue weighted by Crippen LogP contribution is -2.54. The summed E-state index contributed by atoms with van der Waals surface area (Å²) in [7, 11) is 0. The van der Waals surface area contributed by atoms with Crippen molar-refractivity contribution in [2.75, 3.05) is 26.4 Å². The number of ketones is 1. The van der Waals surface area contributed by atoms with Gasteiger partial charge in [0.15, 0.2) is 18.4 Å². The normalized spacial score (nSPS) is 16.9. The number of carbonyl (C=O) groups excluding carboxylic acids is 3. The standard InChI is InChI=1S/C22H24BrNO6/c1-22(2,3)30-21(27)24-8-9-28-12-18(24)20(26)29-13-19(25)16-5-4-15-11-17(23)7-6-14(15)10-16/h4-7,10-11,18H,8-9,12-13H2,1-3H3/t18-/m0/s1. The molecule has 8 heteroatoms. The number of hydrogen-bond acceptors (Lipinski definition) is 6. The highest BCUT2D eigenvalue weighted by molar-refractivity contribution is 9.10. The first kappa shape index (κ1) is 22.2. The van der Waals surface area contributed by atoms with Gasteiger partial charge < -0.3 is 14.2 Å². The van der Waals surface area contributed by atoms with Crippen molar-refractivity contribution in [2.24, 2.45) is 0 Å². The predicted molar refractivity (Wildman–Crippen MR) is 114 cm³/mol. The summed E-state index contributed by atoms with van der Waals surface area (Å²) in [6.07, 6.45) is -0.611. The number of halogens is 1. The number of carbonyl (C=O) groups is 3. The third-order valence-corrected chi connectivity index (χ3v) is 4.99. The van der Waals surface area contributed by atoms with Crippen molar-refractivity contribution < 1.29 is 28.6 Å². The van der Waals surface area contributed by atoms with Crippen molar-refractivity contribution in [2.45, 2.75) is 32.4 Å². The Morgan fingerprint density at radius 1 is 1.13 bits per heavy atom. The van der Waals surface area contributed by atoms with Crippen LogP contribution < -0.4 is 0 Å². The van der Waals surface area contributed by atoms with Gasteiger partial charge in [0.1, 0.15) is 5.60 Å². The number of Topliss-reactive ketones (excluding diaryl/α,β-unsaturated/α-hetero) is 1. The molecule has 0 spiro atoms. The van der Waals surface area contributed by atoms with Crippen LogP contribution in [0.15, 0.2) is 40.9 Å². The molecule has 0 bridgehead atoms. The fourth-order valence-electron chi connectivity index (χ4n) is 3.04. The van der Waals surface area contributed by atoms with E-state index in [1.54, 1.807) is 32.9 Å². The zero-order valence-corrected chi connectivity index (χ0v) is 18.7. The summed E-state index contributed by atoms with van der Waals surface area (Å²) in [5.41, 5.74) is -0.243. The van der Waals surface area contributed by atoms with E-state index in [1.807, 2.05) is 24.3 Å². The zero-order chi connectivity index (χ0) is 21.9. The smallest absolute Gasteiger partial charge is 0.411 e. The number of benzene rings is 2. The lowest BCUT2D eigenvalue weighted by atomic mass is 10.0. The van der Waals surface area contributed by atoms with Gasteiger partial charge in [-0.2, -0.15) is 0 Å². The Hall–Kier alpha value is -2.45. The lowest BCUT2D eigenvalue weighted by molar-refractivity contribution is -0.154. The van der Waals surface area contributed by atoms with Crippen molar-refractivity contribution >= 4 is 44.5 Å². The van der Waals surface area contributed by atoms with Crippen LogP contribution in [0.3, 0.4) is 0 Å². The minimum absolute atomic E-state index is 0.00286. The Labute approximate surface area is 183 Å². The summed E-state index contributed by atoms with van der Waals surface area (Å²) in [5, 5.41) is 1.90. The first-order valence-corrected chi connectivity index (χ1v) is 10.4. The van der Waals surface area contributed by atoms with Crippen LogP contribution in [-0.4, -0.2) is 60.8 Å². The first-order valence-electron chi connectivity index (χ1n) is 9.60. The van der Waals surface area contributed by atoms with Gasteiger partial charge >= 0.3 is 12.1 Å². The Morgan fingerprint density at radius 2 is 1.83 bits per heavy atom.